The van der Waals surface area contributed by atoms with E-state index in [0.717, 1.165) is 37.2 Å². The smallest absolute Gasteiger partial charge is 0.251 e. The summed E-state index contributed by atoms with van der Waals surface area (Å²) < 4.78 is 6.86. The minimum Gasteiger partial charge on any atom is -0.381 e. The minimum absolute atomic E-state index is 0.0868. The molecule has 0 radical (unpaired) electrons. The minimum atomic E-state index is -0.519. The van der Waals surface area contributed by atoms with E-state index in [-0.39, 0.29) is 5.91 Å². The van der Waals surface area contributed by atoms with Gasteiger partial charge < -0.3 is 15.8 Å². The molecule has 138 valence electrons. The van der Waals surface area contributed by atoms with E-state index in [4.69, 9.17) is 10.5 Å². The fourth-order valence-corrected chi connectivity index (χ4v) is 2.96. The summed E-state index contributed by atoms with van der Waals surface area (Å²) in [6, 6.07) is 6.85. The van der Waals surface area contributed by atoms with E-state index in [9.17, 15) is 9.59 Å². The van der Waals surface area contributed by atoms with Crippen molar-refractivity contribution in [3.8, 4) is 11.1 Å². The third-order valence-corrected chi connectivity index (χ3v) is 4.76. The van der Waals surface area contributed by atoms with E-state index < -0.39 is 11.9 Å². The number of nitrogens with two attached hydrogens (primary N) is 1. The Kier molecular flexibility index (Phi) is 5.68. The SMILES string of the molecule is C[C@@H](C(N)=O)n1cc(-c2cccc(C(=O)NCC3CCOCC3)c2)cn1. The van der Waals surface area contributed by atoms with Crippen molar-refractivity contribution in [3.63, 3.8) is 0 Å². The predicted octanol–water partition coefficient (Wildman–Crippen LogP) is 1.75. The third-order valence-electron chi connectivity index (χ3n) is 4.76. The summed E-state index contributed by atoms with van der Waals surface area (Å²) in [7, 11) is 0. The zero-order chi connectivity index (χ0) is 18.5. The van der Waals surface area contributed by atoms with E-state index in [2.05, 4.69) is 10.4 Å². The Balaban J connectivity index is 1.67. The van der Waals surface area contributed by atoms with Crippen molar-refractivity contribution < 1.29 is 14.3 Å². The van der Waals surface area contributed by atoms with E-state index in [0.29, 0.717) is 18.0 Å². The molecular formula is C19H24N4O3. The van der Waals surface area contributed by atoms with Gasteiger partial charge >= 0.3 is 0 Å². The highest BCUT2D eigenvalue weighted by molar-refractivity contribution is 5.95. The summed E-state index contributed by atoms with van der Waals surface area (Å²) in [4.78, 5) is 23.7. The van der Waals surface area contributed by atoms with Crippen LogP contribution < -0.4 is 11.1 Å². The number of nitrogens with zero attached hydrogens (tertiary/aromatic N) is 2. The molecule has 2 heterocycles. The normalized spacial score (nSPS) is 16.2. The Labute approximate surface area is 152 Å². The van der Waals surface area contributed by atoms with Gasteiger partial charge in [0.15, 0.2) is 0 Å². The molecule has 0 spiro atoms. The largest absolute Gasteiger partial charge is 0.381 e. The van der Waals surface area contributed by atoms with Crippen LogP contribution in [-0.2, 0) is 9.53 Å². The maximum Gasteiger partial charge on any atom is 0.251 e. The Morgan fingerprint density at radius 1 is 1.35 bits per heavy atom. The highest BCUT2D eigenvalue weighted by atomic mass is 16.5. The van der Waals surface area contributed by atoms with Gasteiger partial charge in [-0.15, -0.1) is 0 Å². The summed E-state index contributed by atoms with van der Waals surface area (Å²) in [5.74, 6) is -0.0541. The van der Waals surface area contributed by atoms with Gasteiger partial charge in [0.2, 0.25) is 5.91 Å². The van der Waals surface area contributed by atoms with Gasteiger partial charge in [-0.1, -0.05) is 12.1 Å². The maximum absolute atomic E-state index is 12.4. The summed E-state index contributed by atoms with van der Waals surface area (Å²) in [5, 5.41) is 7.20. The van der Waals surface area contributed by atoms with Gasteiger partial charge in [-0.2, -0.15) is 5.10 Å². The van der Waals surface area contributed by atoms with E-state index in [1.54, 1.807) is 25.4 Å². The molecule has 7 nitrogen and oxygen atoms in total. The van der Waals surface area contributed by atoms with Gasteiger partial charge in [0.25, 0.3) is 5.91 Å². The number of carbonyl (C=O) groups excluding carboxylic acids is 2. The Morgan fingerprint density at radius 2 is 2.12 bits per heavy atom. The Bertz CT molecular complexity index is 781. The second-order valence-corrected chi connectivity index (χ2v) is 6.63. The highest BCUT2D eigenvalue weighted by Gasteiger charge is 2.16. The maximum atomic E-state index is 12.4. The molecule has 3 rings (SSSR count). The van der Waals surface area contributed by atoms with E-state index in [1.165, 1.54) is 4.68 Å². The van der Waals surface area contributed by atoms with Crippen LogP contribution in [0.5, 0.6) is 0 Å². The van der Waals surface area contributed by atoms with Crippen LogP contribution in [-0.4, -0.2) is 41.4 Å². The lowest BCUT2D eigenvalue weighted by molar-refractivity contribution is -0.120. The standard InChI is InChI=1S/C19H24N4O3/c1-13(18(20)24)23-12-17(11-22-23)15-3-2-4-16(9-15)19(25)21-10-14-5-7-26-8-6-14/h2-4,9,11-14H,5-8,10H2,1H3,(H2,20,24)(H,21,25)/t13-/m0/s1. The number of primary amides is 1. The molecule has 7 heteroatoms. The van der Waals surface area contributed by atoms with Gasteiger partial charge in [0.05, 0.1) is 6.20 Å². The second kappa shape index (κ2) is 8.14. The van der Waals surface area contributed by atoms with Crippen molar-refractivity contribution in [1.29, 1.82) is 0 Å². The number of ether oxygens (including phenoxy) is 1. The molecular weight excluding hydrogens is 332 g/mol. The van der Waals surface area contributed by atoms with Crippen molar-refractivity contribution in [2.24, 2.45) is 11.7 Å². The Morgan fingerprint density at radius 3 is 2.85 bits per heavy atom. The number of hydrogen-bond acceptors (Lipinski definition) is 4. The van der Waals surface area contributed by atoms with Gasteiger partial charge in [-0.05, 0) is 43.4 Å². The van der Waals surface area contributed by atoms with Crippen LogP contribution in [0, 0.1) is 5.92 Å². The van der Waals surface area contributed by atoms with Gasteiger partial charge in [0.1, 0.15) is 6.04 Å². The molecule has 0 bridgehead atoms. The van der Waals surface area contributed by atoms with Crippen molar-refractivity contribution in [2.45, 2.75) is 25.8 Å². The highest BCUT2D eigenvalue weighted by Crippen LogP contribution is 2.21. The first-order valence-corrected chi connectivity index (χ1v) is 8.84. The molecule has 1 aliphatic heterocycles. The lowest BCUT2D eigenvalue weighted by atomic mass is 10.00. The third kappa shape index (κ3) is 4.29. The summed E-state index contributed by atoms with van der Waals surface area (Å²) in [6.45, 7) is 3.90. The lowest BCUT2D eigenvalue weighted by Crippen LogP contribution is -2.32. The molecule has 3 N–H and O–H groups in total. The number of benzene rings is 1. The molecule has 2 amide bonds. The number of rotatable bonds is 6. The molecule has 0 saturated carbocycles. The molecule has 1 fully saturated rings. The summed E-state index contributed by atoms with van der Waals surface area (Å²) >= 11 is 0. The molecule has 1 aromatic carbocycles. The molecule has 0 unspecified atom stereocenters. The average molecular weight is 356 g/mol. The molecule has 2 aromatic rings. The predicted molar refractivity (Wildman–Crippen MR) is 97.4 cm³/mol. The average Bonchev–Trinajstić information content (AvgIpc) is 3.16. The van der Waals surface area contributed by atoms with Crippen molar-refractivity contribution in [1.82, 2.24) is 15.1 Å². The first kappa shape index (κ1) is 18.1. The van der Waals surface area contributed by atoms with Crippen LogP contribution >= 0.6 is 0 Å². The topological polar surface area (TPSA) is 99.2 Å². The molecule has 26 heavy (non-hydrogen) atoms. The van der Waals surface area contributed by atoms with Crippen LogP contribution in [0.3, 0.4) is 0 Å². The van der Waals surface area contributed by atoms with Crippen LogP contribution in [0.1, 0.15) is 36.2 Å². The van der Waals surface area contributed by atoms with E-state index in [1.807, 2.05) is 18.2 Å². The Hall–Kier alpha value is -2.67. The number of nitrogens with one attached hydrogen (secondary N) is 1. The van der Waals surface area contributed by atoms with Crippen LogP contribution in [0.25, 0.3) is 11.1 Å². The quantitative estimate of drug-likeness (QED) is 0.824. The summed E-state index contributed by atoms with van der Waals surface area (Å²) in [6.07, 6.45) is 5.39. The second-order valence-electron chi connectivity index (χ2n) is 6.63. The fraction of sp³-hybridized carbons (Fsp3) is 0.421. The zero-order valence-corrected chi connectivity index (χ0v) is 14.9. The number of hydrogen-bond donors (Lipinski definition) is 2. The lowest BCUT2D eigenvalue weighted by Gasteiger charge is -2.22. The molecule has 1 saturated heterocycles. The van der Waals surface area contributed by atoms with Crippen LogP contribution in [0.2, 0.25) is 0 Å². The number of aromatic nitrogens is 2. The molecule has 1 aromatic heterocycles. The van der Waals surface area contributed by atoms with Gasteiger partial charge in [-0.25, -0.2) is 0 Å². The fourth-order valence-electron chi connectivity index (χ4n) is 2.96. The monoisotopic (exact) mass is 356 g/mol. The van der Waals surface area contributed by atoms with Crippen molar-refractivity contribution >= 4 is 11.8 Å². The number of carbonyl (C=O) groups is 2. The first-order valence-electron chi connectivity index (χ1n) is 8.84. The molecule has 1 aliphatic rings. The molecule has 1 atom stereocenters. The van der Waals surface area contributed by atoms with Crippen LogP contribution in [0.4, 0.5) is 0 Å². The van der Waals surface area contributed by atoms with E-state index >= 15 is 0 Å². The molecule has 0 aliphatic carbocycles. The van der Waals surface area contributed by atoms with Gasteiger partial charge in [-0.3, -0.25) is 14.3 Å². The van der Waals surface area contributed by atoms with Crippen molar-refractivity contribution in [3.05, 3.63) is 42.2 Å². The number of amides is 2. The van der Waals surface area contributed by atoms with Crippen LogP contribution in [0.15, 0.2) is 36.7 Å². The first-order chi connectivity index (χ1) is 12.5. The summed E-state index contributed by atoms with van der Waals surface area (Å²) in [5.41, 5.74) is 7.61. The zero-order valence-electron chi connectivity index (χ0n) is 14.9. The van der Waals surface area contributed by atoms with Crippen molar-refractivity contribution in [2.75, 3.05) is 19.8 Å². The van der Waals surface area contributed by atoms with Gasteiger partial charge in [0, 0.05) is 37.1 Å².